The van der Waals surface area contributed by atoms with Gasteiger partial charge < -0.3 is 10.4 Å². The Bertz CT molecular complexity index is 317. The standard InChI is InChI=1S/C15H23NO/c1-12(17)15(13-8-4-2-5-9-13)16-14-10-6-3-7-11-14/h2,4-5,8-9,12,14-17H,3,6-7,10-11H2,1H3. The Morgan fingerprint density at radius 2 is 1.76 bits per heavy atom. The van der Waals surface area contributed by atoms with E-state index in [2.05, 4.69) is 17.4 Å². The summed E-state index contributed by atoms with van der Waals surface area (Å²) >= 11 is 0. The number of hydrogen-bond acceptors (Lipinski definition) is 2. The van der Waals surface area contributed by atoms with Crippen molar-refractivity contribution in [3.05, 3.63) is 35.9 Å². The number of aliphatic hydroxyl groups is 1. The van der Waals surface area contributed by atoms with Crippen molar-refractivity contribution in [1.29, 1.82) is 0 Å². The maximum Gasteiger partial charge on any atom is 0.0706 e. The topological polar surface area (TPSA) is 32.3 Å². The van der Waals surface area contributed by atoms with E-state index in [0.29, 0.717) is 6.04 Å². The van der Waals surface area contributed by atoms with Crippen LogP contribution >= 0.6 is 0 Å². The van der Waals surface area contributed by atoms with E-state index in [1.54, 1.807) is 0 Å². The minimum atomic E-state index is -0.348. The van der Waals surface area contributed by atoms with Crippen LogP contribution < -0.4 is 5.32 Å². The summed E-state index contributed by atoms with van der Waals surface area (Å²) in [6.45, 7) is 1.87. The third kappa shape index (κ3) is 3.55. The van der Waals surface area contributed by atoms with Crippen LogP contribution in [0.25, 0.3) is 0 Å². The Labute approximate surface area is 104 Å². The molecule has 1 fully saturated rings. The van der Waals surface area contributed by atoms with Crippen molar-refractivity contribution in [2.24, 2.45) is 0 Å². The van der Waals surface area contributed by atoms with E-state index < -0.39 is 0 Å². The largest absolute Gasteiger partial charge is 0.391 e. The molecule has 0 radical (unpaired) electrons. The Morgan fingerprint density at radius 1 is 1.12 bits per heavy atom. The third-order valence-corrected chi connectivity index (χ3v) is 3.66. The molecule has 0 bridgehead atoms. The van der Waals surface area contributed by atoms with Gasteiger partial charge in [0.2, 0.25) is 0 Å². The van der Waals surface area contributed by atoms with Crippen molar-refractivity contribution in [2.75, 3.05) is 0 Å². The lowest BCUT2D eigenvalue weighted by atomic mass is 9.93. The molecule has 0 spiro atoms. The molecule has 17 heavy (non-hydrogen) atoms. The molecule has 2 atom stereocenters. The molecule has 0 heterocycles. The van der Waals surface area contributed by atoms with Gasteiger partial charge in [0.15, 0.2) is 0 Å². The van der Waals surface area contributed by atoms with Gasteiger partial charge >= 0.3 is 0 Å². The van der Waals surface area contributed by atoms with E-state index in [-0.39, 0.29) is 12.1 Å². The molecule has 1 saturated carbocycles. The van der Waals surface area contributed by atoms with Crippen LogP contribution in [0.4, 0.5) is 0 Å². The molecule has 0 aromatic heterocycles. The molecule has 2 rings (SSSR count). The van der Waals surface area contributed by atoms with Crippen molar-refractivity contribution in [3.8, 4) is 0 Å². The number of nitrogens with one attached hydrogen (secondary N) is 1. The van der Waals surface area contributed by atoms with Crippen LogP contribution in [0.3, 0.4) is 0 Å². The fourth-order valence-electron chi connectivity index (χ4n) is 2.70. The number of aliphatic hydroxyl groups excluding tert-OH is 1. The molecule has 1 aromatic carbocycles. The van der Waals surface area contributed by atoms with Gasteiger partial charge in [-0.05, 0) is 25.3 Å². The van der Waals surface area contributed by atoms with Gasteiger partial charge in [-0.1, -0.05) is 49.6 Å². The van der Waals surface area contributed by atoms with Crippen molar-refractivity contribution in [2.45, 2.75) is 57.2 Å². The van der Waals surface area contributed by atoms with Crippen LogP contribution in [0.5, 0.6) is 0 Å². The SMILES string of the molecule is CC(O)C(NC1CCCCC1)c1ccccc1. The summed E-state index contributed by atoms with van der Waals surface area (Å²) in [4.78, 5) is 0. The average Bonchev–Trinajstić information content (AvgIpc) is 2.38. The first-order valence-electron chi connectivity index (χ1n) is 6.76. The maximum absolute atomic E-state index is 9.93. The first-order valence-corrected chi connectivity index (χ1v) is 6.76. The second-order valence-corrected chi connectivity index (χ2v) is 5.13. The van der Waals surface area contributed by atoms with E-state index in [4.69, 9.17) is 0 Å². The highest BCUT2D eigenvalue weighted by Gasteiger charge is 2.22. The van der Waals surface area contributed by atoms with E-state index in [1.807, 2.05) is 25.1 Å². The van der Waals surface area contributed by atoms with Gasteiger partial charge in [-0.25, -0.2) is 0 Å². The van der Waals surface area contributed by atoms with Crippen LogP contribution in [-0.4, -0.2) is 17.3 Å². The molecule has 2 heteroatoms. The summed E-state index contributed by atoms with van der Waals surface area (Å²) in [5.74, 6) is 0. The zero-order valence-electron chi connectivity index (χ0n) is 10.6. The maximum atomic E-state index is 9.93. The van der Waals surface area contributed by atoms with Crippen molar-refractivity contribution in [1.82, 2.24) is 5.32 Å². The van der Waals surface area contributed by atoms with Gasteiger partial charge in [0.25, 0.3) is 0 Å². The smallest absolute Gasteiger partial charge is 0.0706 e. The van der Waals surface area contributed by atoms with E-state index in [0.717, 1.165) is 0 Å². The molecule has 2 nitrogen and oxygen atoms in total. The van der Waals surface area contributed by atoms with Gasteiger partial charge in [0.1, 0.15) is 0 Å². The Hall–Kier alpha value is -0.860. The summed E-state index contributed by atoms with van der Waals surface area (Å²) in [7, 11) is 0. The second kappa shape index (κ2) is 6.18. The highest BCUT2D eigenvalue weighted by Crippen LogP contribution is 2.23. The molecule has 0 saturated heterocycles. The zero-order chi connectivity index (χ0) is 12.1. The quantitative estimate of drug-likeness (QED) is 0.838. The lowest BCUT2D eigenvalue weighted by Gasteiger charge is -2.30. The summed E-state index contributed by atoms with van der Waals surface area (Å²) in [5, 5.41) is 13.6. The summed E-state index contributed by atoms with van der Waals surface area (Å²) in [6.07, 6.45) is 6.15. The lowest BCUT2D eigenvalue weighted by Crippen LogP contribution is -2.39. The monoisotopic (exact) mass is 233 g/mol. The van der Waals surface area contributed by atoms with Crippen LogP contribution in [0.2, 0.25) is 0 Å². The van der Waals surface area contributed by atoms with E-state index in [9.17, 15) is 5.11 Å². The van der Waals surface area contributed by atoms with Gasteiger partial charge in [0, 0.05) is 6.04 Å². The third-order valence-electron chi connectivity index (χ3n) is 3.66. The highest BCUT2D eigenvalue weighted by molar-refractivity contribution is 5.20. The molecule has 2 N–H and O–H groups in total. The second-order valence-electron chi connectivity index (χ2n) is 5.13. The summed E-state index contributed by atoms with van der Waals surface area (Å²) < 4.78 is 0. The van der Waals surface area contributed by atoms with Gasteiger partial charge in [-0.15, -0.1) is 0 Å². The van der Waals surface area contributed by atoms with Crippen LogP contribution in [0, 0.1) is 0 Å². The highest BCUT2D eigenvalue weighted by atomic mass is 16.3. The average molecular weight is 233 g/mol. The molecular formula is C15H23NO. The summed E-state index contributed by atoms with van der Waals surface area (Å²) in [6, 6.07) is 10.9. The minimum Gasteiger partial charge on any atom is -0.391 e. The van der Waals surface area contributed by atoms with Crippen molar-refractivity contribution >= 4 is 0 Å². The Kier molecular flexibility index (Phi) is 4.57. The summed E-state index contributed by atoms with van der Waals surface area (Å²) in [5.41, 5.74) is 1.19. The normalized spacial score (nSPS) is 21.1. The Morgan fingerprint density at radius 3 is 2.35 bits per heavy atom. The number of benzene rings is 1. The predicted molar refractivity (Wildman–Crippen MR) is 70.9 cm³/mol. The van der Waals surface area contributed by atoms with Crippen LogP contribution in [0.15, 0.2) is 30.3 Å². The van der Waals surface area contributed by atoms with Gasteiger partial charge in [0.05, 0.1) is 12.1 Å². The van der Waals surface area contributed by atoms with Crippen molar-refractivity contribution in [3.63, 3.8) is 0 Å². The number of hydrogen-bond donors (Lipinski definition) is 2. The van der Waals surface area contributed by atoms with Crippen LogP contribution in [-0.2, 0) is 0 Å². The molecule has 1 aromatic rings. The lowest BCUT2D eigenvalue weighted by molar-refractivity contribution is 0.133. The van der Waals surface area contributed by atoms with Gasteiger partial charge in [-0.2, -0.15) is 0 Å². The molecule has 94 valence electrons. The minimum absolute atomic E-state index is 0.0688. The Balaban J connectivity index is 2.02. The molecule has 1 aliphatic carbocycles. The molecule has 1 aliphatic rings. The first kappa shape index (κ1) is 12.6. The van der Waals surface area contributed by atoms with E-state index >= 15 is 0 Å². The molecule has 0 aliphatic heterocycles. The van der Waals surface area contributed by atoms with Gasteiger partial charge in [-0.3, -0.25) is 0 Å². The predicted octanol–water partition coefficient (Wildman–Crippen LogP) is 3.03. The van der Waals surface area contributed by atoms with E-state index in [1.165, 1.54) is 37.7 Å². The fourth-order valence-corrected chi connectivity index (χ4v) is 2.70. The molecule has 0 amide bonds. The number of rotatable bonds is 4. The first-order chi connectivity index (χ1) is 8.27. The molecule has 2 unspecified atom stereocenters. The zero-order valence-corrected chi connectivity index (χ0v) is 10.6. The van der Waals surface area contributed by atoms with Crippen LogP contribution in [0.1, 0.15) is 50.6 Å². The molecular weight excluding hydrogens is 210 g/mol. The van der Waals surface area contributed by atoms with Crippen molar-refractivity contribution < 1.29 is 5.11 Å². The fraction of sp³-hybridized carbons (Fsp3) is 0.600.